The van der Waals surface area contributed by atoms with Crippen LogP contribution in [0.25, 0.3) is 19.5 Å². The van der Waals surface area contributed by atoms with Crippen LogP contribution in [0, 0.1) is 13.8 Å². The van der Waals surface area contributed by atoms with Crippen LogP contribution in [-0.2, 0) is 13.2 Å². The molecule has 21 heavy (non-hydrogen) atoms. The second-order valence-electron chi connectivity index (χ2n) is 4.90. The first-order valence-corrected chi connectivity index (χ1v) is 9.08. The van der Waals surface area contributed by atoms with Crippen LogP contribution in [0.2, 0.25) is 0 Å². The van der Waals surface area contributed by atoms with Gasteiger partial charge in [-0.2, -0.15) is 0 Å². The second-order valence-corrected chi connectivity index (χ2v) is 8.50. The van der Waals surface area contributed by atoms with Crippen LogP contribution in [-0.4, -0.2) is 10.2 Å². The highest BCUT2D eigenvalue weighted by Gasteiger charge is 2.16. The summed E-state index contributed by atoms with van der Waals surface area (Å²) in [5.74, 6) is 0. The van der Waals surface area contributed by atoms with E-state index in [1.807, 2.05) is 6.07 Å². The fourth-order valence-corrected chi connectivity index (χ4v) is 5.66. The molecule has 0 aliphatic rings. The van der Waals surface area contributed by atoms with Gasteiger partial charge in [0.25, 0.3) is 0 Å². The number of rotatable bonds is 4. The Hall–Kier alpha value is -0.980. The summed E-state index contributed by atoms with van der Waals surface area (Å²) < 4.78 is 0. The van der Waals surface area contributed by atoms with Crippen molar-refractivity contribution in [1.29, 1.82) is 0 Å². The van der Waals surface area contributed by atoms with Gasteiger partial charge in [-0.15, -0.1) is 34.0 Å². The van der Waals surface area contributed by atoms with Gasteiger partial charge in [0.05, 0.1) is 23.0 Å². The van der Waals surface area contributed by atoms with Crippen LogP contribution < -0.4 is 0 Å². The molecule has 0 atom stereocenters. The first kappa shape index (κ1) is 14.9. The average molecular weight is 337 g/mol. The Morgan fingerprint density at radius 3 is 2.05 bits per heavy atom. The van der Waals surface area contributed by atoms with E-state index in [9.17, 15) is 10.2 Å². The third kappa shape index (κ3) is 2.84. The van der Waals surface area contributed by atoms with Crippen molar-refractivity contribution in [3.63, 3.8) is 0 Å². The lowest BCUT2D eigenvalue weighted by Crippen LogP contribution is -1.81. The molecule has 3 heterocycles. The van der Waals surface area contributed by atoms with E-state index < -0.39 is 0 Å². The molecular weight excluding hydrogens is 320 g/mol. The molecule has 5 heteroatoms. The average Bonchev–Trinajstić information content (AvgIpc) is 3.15. The van der Waals surface area contributed by atoms with E-state index in [4.69, 9.17) is 0 Å². The molecular formula is C16H16O2S3. The topological polar surface area (TPSA) is 40.5 Å². The Kier molecular flexibility index (Phi) is 4.28. The minimum atomic E-state index is 0.0433. The summed E-state index contributed by atoms with van der Waals surface area (Å²) in [7, 11) is 0. The quantitative estimate of drug-likeness (QED) is 0.718. The SMILES string of the molecule is Cc1ccc(-c2sc(-c3sc(C)cc3CO)cc2CO)s1. The molecule has 3 aromatic heterocycles. The monoisotopic (exact) mass is 336 g/mol. The Morgan fingerprint density at radius 1 is 0.762 bits per heavy atom. The van der Waals surface area contributed by atoms with Gasteiger partial charge in [-0.1, -0.05) is 0 Å². The minimum absolute atomic E-state index is 0.0433. The first-order chi connectivity index (χ1) is 10.1. The van der Waals surface area contributed by atoms with E-state index in [1.54, 1.807) is 34.0 Å². The van der Waals surface area contributed by atoms with Crippen LogP contribution >= 0.6 is 34.0 Å². The van der Waals surface area contributed by atoms with Crippen LogP contribution in [0.5, 0.6) is 0 Å². The first-order valence-electron chi connectivity index (χ1n) is 6.63. The Balaban J connectivity index is 2.11. The van der Waals surface area contributed by atoms with Gasteiger partial charge >= 0.3 is 0 Å². The Bertz CT molecular complexity index is 764. The van der Waals surface area contributed by atoms with E-state index in [2.05, 4.69) is 32.0 Å². The van der Waals surface area contributed by atoms with Crippen LogP contribution in [0.4, 0.5) is 0 Å². The summed E-state index contributed by atoms with van der Waals surface area (Å²) in [6.07, 6.45) is 0. The van der Waals surface area contributed by atoms with Crippen molar-refractivity contribution in [3.05, 3.63) is 45.1 Å². The third-order valence-corrected chi connectivity index (χ3v) is 6.90. The minimum Gasteiger partial charge on any atom is -0.392 e. The highest BCUT2D eigenvalue weighted by atomic mass is 32.1. The summed E-state index contributed by atoms with van der Waals surface area (Å²) in [5, 5.41) is 19.2. The van der Waals surface area contributed by atoms with E-state index >= 15 is 0 Å². The largest absolute Gasteiger partial charge is 0.392 e. The highest BCUT2D eigenvalue weighted by Crippen LogP contribution is 2.44. The summed E-state index contributed by atoms with van der Waals surface area (Å²) in [4.78, 5) is 7.05. The summed E-state index contributed by atoms with van der Waals surface area (Å²) in [6.45, 7) is 4.24. The maximum Gasteiger partial charge on any atom is 0.0696 e. The molecule has 0 aromatic carbocycles. The molecule has 0 unspecified atom stereocenters. The number of hydrogen-bond donors (Lipinski definition) is 2. The summed E-state index contributed by atoms with van der Waals surface area (Å²) >= 11 is 5.14. The molecule has 110 valence electrons. The Morgan fingerprint density at radius 2 is 1.43 bits per heavy atom. The molecule has 3 rings (SSSR count). The van der Waals surface area contributed by atoms with Crippen molar-refractivity contribution in [2.24, 2.45) is 0 Å². The number of aryl methyl sites for hydroxylation is 2. The van der Waals surface area contributed by atoms with Crippen molar-refractivity contribution in [2.75, 3.05) is 0 Å². The number of hydrogen-bond acceptors (Lipinski definition) is 5. The van der Waals surface area contributed by atoms with Gasteiger partial charge in [-0.3, -0.25) is 0 Å². The lowest BCUT2D eigenvalue weighted by Gasteiger charge is -1.96. The normalized spacial score (nSPS) is 11.2. The van der Waals surface area contributed by atoms with Crippen molar-refractivity contribution >= 4 is 34.0 Å². The smallest absolute Gasteiger partial charge is 0.0696 e. The lowest BCUT2D eigenvalue weighted by atomic mass is 10.2. The molecule has 0 amide bonds. The van der Waals surface area contributed by atoms with E-state index in [-0.39, 0.29) is 13.2 Å². The van der Waals surface area contributed by atoms with E-state index in [0.717, 1.165) is 25.8 Å². The van der Waals surface area contributed by atoms with Gasteiger partial charge < -0.3 is 10.2 Å². The highest BCUT2D eigenvalue weighted by molar-refractivity contribution is 7.26. The van der Waals surface area contributed by atoms with Crippen LogP contribution in [0.3, 0.4) is 0 Å². The number of thiophene rings is 3. The molecule has 2 N–H and O–H groups in total. The van der Waals surface area contributed by atoms with Gasteiger partial charge in [-0.25, -0.2) is 0 Å². The fraction of sp³-hybridized carbons (Fsp3) is 0.250. The van der Waals surface area contributed by atoms with Gasteiger partial charge in [0.2, 0.25) is 0 Å². The van der Waals surface area contributed by atoms with Crippen molar-refractivity contribution in [2.45, 2.75) is 27.1 Å². The predicted octanol–water partition coefficient (Wildman–Crippen LogP) is 4.81. The zero-order valence-corrected chi connectivity index (χ0v) is 14.3. The molecule has 0 saturated heterocycles. The predicted molar refractivity (Wildman–Crippen MR) is 92.3 cm³/mol. The summed E-state index contributed by atoms with van der Waals surface area (Å²) in [6, 6.07) is 8.31. The van der Waals surface area contributed by atoms with Crippen LogP contribution in [0.1, 0.15) is 20.9 Å². The van der Waals surface area contributed by atoms with Crippen LogP contribution in [0.15, 0.2) is 24.3 Å². The lowest BCUT2D eigenvalue weighted by molar-refractivity contribution is 0.282. The molecule has 3 aromatic rings. The van der Waals surface area contributed by atoms with Gasteiger partial charge in [0.15, 0.2) is 0 Å². The zero-order chi connectivity index (χ0) is 15.0. The maximum absolute atomic E-state index is 9.64. The van der Waals surface area contributed by atoms with E-state index in [1.165, 1.54) is 14.6 Å². The molecule has 0 fully saturated rings. The van der Waals surface area contributed by atoms with Crippen molar-refractivity contribution in [3.8, 4) is 19.5 Å². The standard InChI is InChI=1S/C16H16O2S3/c1-9-3-4-13(19-9)15-12(8-18)6-14(21-15)16-11(7-17)5-10(2)20-16/h3-6,17-18H,7-8H2,1-2H3. The van der Waals surface area contributed by atoms with Gasteiger partial charge in [0.1, 0.15) is 0 Å². The third-order valence-electron chi connectivity index (χ3n) is 3.27. The van der Waals surface area contributed by atoms with Crippen molar-refractivity contribution < 1.29 is 10.2 Å². The summed E-state index contributed by atoms with van der Waals surface area (Å²) in [5.41, 5.74) is 1.93. The number of aliphatic hydroxyl groups is 2. The molecule has 0 spiro atoms. The fourth-order valence-electron chi connectivity index (χ4n) is 2.32. The van der Waals surface area contributed by atoms with E-state index in [0.29, 0.717) is 0 Å². The molecule has 0 aliphatic carbocycles. The molecule has 0 bridgehead atoms. The molecule has 0 radical (unpaired) electrons. The zero-order valence-electron chi connectivity index (χ0n) is 11.8. The molecule has 2 nitrogen and oxygen atoms in total. The number of aliphatic hydroxyl groups excluding tert-OH is 2. The van der Waals surface area contributed by atoms with Gasteiger partial charge in [-0.05, 0) is 49.2 Å². The molecule has 0 saturated carbocycles. The second kappa shape index (κ2) is 6.02. The van der Waals surface area contributed by atoms with Crippen molar-refractivity contribution in [1.82, 2.24) is 0 Å². The van der Waals surface area contributed by atoms with Gasteiger partial charge in [0, 0.05) is 19.5 Å². The molecule has 0 aliphatic heterocycles. The maximum atomic E-state index is 9.64. The Labute approximate surface area is 136 Å².